The van der Waals surface area contributed by atoms with Crippen molar-refractivity contribution in [2.45, 2.75) is 0 Å². The van der Waals surface area contributed by atoms with Gasteiger partial charge in [0.25, 0.3) is 5.56 Å². The molecular formula is C14H12N8O2. The molecule has 1 N–H and O–H groups in total. The molecule has 0 atom stereocenters. The molecule has 0 radical (unpaired) electrons. The summed E-state index contributed by atoms with van der Waals surface area (Å²) in [6.45, 7) is 0. The van der Waals surface area contributed by atoms with E-state index in [1.807, 2.05) is 6.07 Å². The molecule has 0 aliphatic heterocycles. The summed E-state index contributed by atoms with van der Waals surface area (Å²) >= 11 is 0. The Kier molecular flexibility index (Phi) is 2.92. The normalized spacial score (nSPS) is 11.2. The van der Waals surface area contributed by atoms with Crippen molar-refractivity contribution >= 4 is 11.2 Å². The summed E-state index contributed by atoms with van der Waals surface area (Å²) in [7, 11) is 2.97. The Hall–Kier alpha value is -3.56. The van der Waals surface area contributed by atoms with Crippen molar-refractivity contribution in [2.75, 3.05) is 0 Å². The van der Waals surface area contributed by atoms with E-state index in [-0.39, 0.29) is 11.2 Å². The van der Waals surface area contributed by atoms with Gasteiger partial charge in [0.1, 0.15) is 5.69 Å². The summed E-state index contributed by atoms with van der Waals surface area (Å²) in [5.74, 6) is 0.297. The lowest BCUT2D eigenvalue weighted by Crippen LogP contribution is -2.36. The summed E-state index contributed by atoms with van der Waals surface area (Å²) in [6, 6.07) is 3.66. The minimum absolute atomic E-state index is 0.230. The molecule has 4 aromatic rings. The molecule has 10 nitrogen and oxygen atoms in total. The molecule has 4 aromatic heterocycles. The van der Waals surface area contributed by atoms with Crippen LogP contribution in [0, 0.1) is 0 Å². The number of hydrogen-bond donors (Lipinski definition) is 1. The molecular weight excluding hydrogens is 312 g/mol. The number of aromatic amines is 1. The van der Waals surface area contributed by atoms with Crippen LogP contribution in [0.1, 0.15) is 0 Å². The van der Waals surface area contributed by atoms with Gasteiger partial charge in [-0.25, -0.2) is 4.79 Å². The van der Waals surface area contributed by atoms with Gasteiger partial charge in [0.15, 0.2) is 11.2 Å². The molecule has 4 rings (SSSR count). The monoisotopic (exact) mass is 324 g/mol. The number of aromatic nitrogens is 8. The maximum absolute atomic E-state index is 12.2. The summed E-state index contributed by atoms with van der Waals surface area (Å²) in [4.78, 5) is 35.4. The van der Waals surface area contributed by atoms with Crippen molar-refractivity contribution in [3.8, 4) is 17.2 Å². The summed E-state index contributed by atoms with van der Waals surface area (Å²) in [5, 5.41) is 8.09. The van der Waals surface area contributed by atoms with Gasteiger partial charge in [-0.2, -0.15) is 9.67 Å². The molecule has 120 valence electrons. The molecule has 0 amide bonds. The van der Waals surface area contributed by atoms with Crippen LogP contribution in [-0.4, -0.2) is 39.1 Å². The third-order valence-electron chi connectivity index (χ3n) is 3.75. The van der Waals surface area contributed by atoms with Gasteiger partial charge in [0, 0.05) is 32.1 Å². The predicted octanol–water partition coefficient (Wildman–Crippen LogP) is -0.397. The minimum atomic E-state index is -0.445. The molecule has 0 unspecified atom stereocenters. The molecule has 0 saturated carbocycles. The summed E-state index contributed by atoms with van der Waals surface area (Å²) in [5.41, 5.74) is 1.03. The second kappa shape index (κ2) is 4.98. The number of nitrogens with zero attached hydrogens (tertiary/aromatic N) is 7. The maximum atomic E-state index is 12.2. The van der Waals surface area contributed by atoms with Gasteiger partial charge in [-0.3, -0.25) is 18.9 Å². The molecule has 0 aromatic carbocycles. The minimum Gasteiger partial charge on any atom is -0.316 e. The number of aryl methyl sites for hydroxylation is 1. The number of fused-ring (bicyclic) bond motifs is 1. The largest absolute Gasteiger partial charge is 0.332 e. The van der Waals surface area contributed by atoms with Crippen LogP contribution in [0.2, 0.25) is 0 Å². The lowest BCUT2D eigenvalue weighted by atomic mass is 10.2. The van der Waals surface area contributed by atoms with Crippen molar-refractivity contribution in [1.29, 1.82) is 0 Å². The fraction of sp³-hybridized carbons (Fsp3) is 0.143. The standard InChI is InChI=1S/C14H12N8O2/c1-20-11-10(12(23)21(2)14(20)24)16-13(17-11)22-7-9(18-19-22)8-4-3-5-15-6-8/h3-7H,1-2H3,(H,16,17). The first-order valence-corrected chi connectivity index (χ1v) is 7.05. The number of imidazole rings is 1. The van der Waals surface area contributed by atoms with Crippen molar-refractivity contribution in [1.82, 2.24) is 39.1 Å². The highest BCUT2D eigenvalue weighted by Crippen LogP contribution is 2.15. The third-order valence-corrected chi connectivity index (χ3v) is 3.75. The van der Waals surface area contributed by atoms with Crippen LogP contribution in [0.3, 0.4) is 0 Å². The number of nitrogens with one attached hydrogen (secondary N) is 1. The van der Waals surface area contributed by atoms with Crippen molar-refractivity contribution in [3.05, 3.63) is 51.6 Å². The SMILES string of the molecule is Cn1c(=O)c2[nH]c(-n3cc(-c4cccnc4)nn3)nc2n(C)c1=O. The second-order valence-corrected chi connectivity index (χ2v) is 5.25. The predicted molar refractivity (Wildman–Crippen MR) is 84.7 cm³/mol. The zero-order valence-corrected chi connectivity index (χ0v) is 12.8. The van der Waals surface area contributed by atoms with Gasteiger partial charge in [-0.15, -0.1) is 5.10 Å². The van der Waals surface area contributed by atoms with E-state index in [9.17, 15) is 9.59 Å². The molecule has 4 heterocycles. The van der Waals surface area contributed by atoms with Crippen LogP contribution in [0.4, 0.5) is 0 Å². The lowest BCUT2D eigenvalue weighted by Gasteiger charge is -2.00. The quantitative estimate of drug-likeness (QED) is 0.536. The molecule has 0 aliphatic carbocycles. The Morgan fingerprint density at radius 2 is 2.00 bits per heavy atom. The zero-order valence-electron chi connectivity index (χ0n) is 12.8. The number of pyridine rings is 1. The highest BCUT2D eigenvalue weighted by Gasteiger charge is 2.15. The van der Waals surface area contributed by atoms with Crippen molar-refractivity contribution < 1.29 is 0 Å². The lowest BCUT2D eigenvalue weighted by molar-refractivity contribution is 0.708. The summed E-state index contributed by atoms with van der Waals surface area (Å²) in [6.07, 6.45) is 5.01. The van der Waals surface area contributed by atoms with E-state index < -0.39 is 11.2 Å². The number of H-pyrrole nitrogens is 1. The molecule has 24 heavy (non-hydrogen) atoms. The third kappa shape index (κ3) is 1.96. The van der Waals surface area contributed by atoms with Crippen molar-refractivity contribution in [2.24, 2.45) is 14.1 Å². The van der Waals surface area contributed by atoms with Crippen LogP contribution in [0.5, 0.6) is 0 Å². The van der Waals surface area contributed by atoms with E-state index in [0.29, 0.717) is 11.6 Å². The average Bonchev–Trinajstić information content (AvgIpc) is 3.26. The molecule has 0 spiro atoms. The fourth-order valence-corrected chi connectivity index (χ4v) is 2.44. The molecule has 0 fully saturated rings. The Morgan fingerprint density at radius 1 is 1.17 bits per heavy atom. The van der Waals surface area contributed by atoms with Crippen LogP contribution in [-0.2, 0) is 14.1 Å². The zero-order chi connectivity index (χ0) is 16.8. The highest BCUT2D eigenvalue weighted by atomic mass is 16.2. The van der Waals surface area contributed by atoms with E-state index in [1.165, 1.54) is 16.3 Å². The van der Waals surface area contributed by atoms with Crippen LogP contribution >= 0.6 is 0 Å². The van der Waals surface area contributed by atoms with Gasteiger partial charge < -0.3 is 4.98 Å². The molecule has 0 aliphatic rings. The average molecular weight is 324 g/mol. The Labute approximate surface area is 134 Å². The van der Waals surface area contributed by atoms with Crippen molar-refractivity contribution in [3.63, 3.8) is 0 Å². The molecule has 0 bridgehead atoms. The first-order chi connectivity index (χ1) is 11.6. The van der Waals surface area contributed by atoms with E-state index in [2.05, 4.69) is 25.3 Å². The smallest absolute Gasteiger partial charge is 0.316 e. The Morgan fingerprint density at radius 3 is 2.75 bits per heavy atom. The van der Waals surface area contributed by atoms with E-state index >= 15 is 0 Å². The van der Waals surface area contributed by atoms with Crippen LogP contribution in [0.15, 0.2) is 40.3 Å². The second-order valence-electron chi connectivity index (χ2n) is 5.25. The van der Waals surface area contributed by atoms with Gasteiger partial charge in [-0.1, -0.05) is 5.21 Å². The van der Waals surface area contributed by atoms with Gasteiger partial charge in [0.2, 0.25) is 5.95 Å². The summed E-state index contributed by atoms with van der Waals surface area (Å²) < 4.78 is 3.73. The topological polar surface area (TPSA) is 116 Å². The number of hydrogen-bond acceptors (Lipinski definition) is 6. The maximum Gasteiger partial charge on any atom is 0.332 e. The van der Waals surface area contributed by atoms with Gasteiger partial charge >= 0.3 is 5.69 Å². The van der Waals surface area contributed by atoms with Crippen LogP contribution in [0.25, 0.3) is 28.4 Å². The first-order valence-electron chi connectivity index (χ1n) is 7.05. The molecule has 10 heteroatoms. The fourth-order valence-electron chi connectivity index (χ4n) is 2.44. The van der Waals surface area contributed by atoms with Gasteiger partial charge in [-0.05, 0) is 12.1 Å². The Balaban J connectivity index is 1.88. The molecule has 0 saturated heterocycles. The van der Waals surface area contributed by atoms with E-state index in [1.54, 1.807) is 31.7 Å². The van der Waals surface area contributed by atoms with Crippen LogP contribution < -0.4 is 11.2 Å². The van der Waals surface area contributed by atoms with E-state index in [4.69, 9.17) is 0 Å². The van der Waals surface area contributed by atoms with Gasteiger partial charge in [0.05, 0.1) is 6.20 Å². The Bertz CT molecular complexity index is 1170. The highest BCUT2D eigenvalue weighted by molar-refractivity contribution is 5.71. The first kappa shape index (κ1) is 14.1. The van der Waals surface area contributed by atoms with E-state index in [0.717, 1.165) is 10.1 Å². The number of rotatable bonds is 2.